The zero-order chi connectivity index (χ0) is 16.1. The second-order valence-electron chi connectivity index (χ2n) is 6.98. The normalized spacial score (nSPS) is 28.6. The van der Waals surface area contributed by atoms with Crippen LogP contribution in [-0.2, 0) is 4.79 Å². The van der Waals surface area contributed by atoms with Gasteiger partial charge in [0.1, 0.15) is 0 Å². The van der Waals surface area contributed by atoms with Crippen LogP contribution in [0.4, 0.5) is 11.4 Å². The van der Waals surface area contributed by atoms with E-state index in [1.165, 1.54) is 12.1 Å². The molecule has 1 N–H and O–H groups in total. The molecule has 1 aromatic rings. The van der Waals surface area contributed by atoms with Crippen molar-refractivity contribution in [3.8, 4) is 0 Å². The minimum absolute atomic E-state index is 0.0156. The molecule has 2 aliphatic rings. The summed E-state index contributed by atoms with van der Waals surface area (Å²) < 4.78 is 0. The van der Waals surface area contributed by atoms with E-state index in [2.05, 4.69) is 25.7 Å². The maximum atomic E-state index is 12.8. The topological polar surface area (TPSA) is 72.2 Å². The van der Waals surface area contributed by atoms with Gasteiger partial charge in [0, 0.05) is 17.8 Å². The molecule has 1 aromatic carbocycles. The third kappa shape index (κ3) is 1.95. The number of fused-ring (bicyclic) bond motifs is 2. The highest BCUT2D eigenvalue weighted by Crippen LogP contribution is 2.65. The minimum atomic E-state index is -0.515. The van der Waals surface area contributed by atoms with Gasteiger partial charge in [0.05, 0.1) is 10.3 Å². The van der Waals surface area contributed by atoms with Crippen LogP contribution in [0.25, 0.3) is 0 Å². The molecule has 22 heavy (non-hydrogen) atoms. The van der Waals surface area contributed by atoms with Crippen molar-refractivity contribution in [3.63, 3.8) is 0 Å². The summed E-state index contributed by atoms with van der Waals surface area (Å²) in [5.74, 6) is 0.418. The smallest absolute Gasteiger partial charge is 0.271 e. The van der Waals surface area contributed by atoms with Gasteiger partial charge in [-0.15, -0.1) is 0 Å². The van der Waals surface area contributed by atoms with E-state index < -0.39 is 10.3 Å². The molecule has 2 saturated carbocycles. The molecule has 0 heterocycles. The number of carbonyl (C=O) groups excluding carboxylic acids is 1. The largest absolute Gasteiger partial charge is 0.325 e. The number of rotatable bonds is 3. The monoisotopic (exact) mass is 300 g/mol. The van der Waals surface area contributed by atoms with E-state index in [1.807, 2.05) is 0 Å². The van der Waals surface area contributed by atoms with Gasteiger partial charge in [0.25, 0.3) is 5.69 Å². The number of nitro benzene ring substituents is 1. The molecular formula is C17H20N2O3. The molecular weight excluding hydrogens is 280 g/mol. The van der Waals surface area contributed by atoms with Gasteiger partial charge < -0.3 is 5.32 Å². The average molecular weight is 300 g/mol. The number of carbonyl (C=O) groups is 1. The summed E-state index contributed by atoms with van der Waals surface area (Å²) in [7, 11) is 0. The Labute approximate surface area is 129 Å². The molecule has 0 aliphatic heterocycles. The van der Waals surface area contributed by atoms with Gasteiger partial charge in [0.15, 0.2) is 0 Å². The lowest BCUT2D eigenvalue weighted by molar-refractivity contribution is -0.384. The maximum Gasteiger partial charge on any atom is 0.271 e. The molecule has 3 rings (SSSR count). The highest BCUT2D eigenvalue weighted by molar-refractivity contribution is 5.98. The van der Waals surface area contributed by atoms with Crippen LogP contribution in [-0.4, -0.2) is 10.8 Å². The second-order valence-corrected chi connectivity index (χ2v) is 6.98. The van der Waals surface area contributed by atoms with Gasteiger partial charge in [-0.05, 0) is 36.7 Å². The molecule has 2 aliphatic carbocycles. The molecule has 5 heteroatoms. The quantitative estimate of drug-likeness (QED) is 0.522. The average Bonchev–Trinajstić information content (AvgIpc) is 2.99. The third-order valence-electron chi connectivity index (χ3n) is 5.64. The Morgan fingerprint density at radius 1 is 1.45 bits per heavy atom. The van der Waals surface area contributed by atoms with Crippen molar-refractivity contribution >= 4 is 17.3 Å². The van der Waals surface area contributed by atoms with E-state index in [1.54, 1.807) is 12.1 Å². The highest BCUT2D eigenvalue weighted by atomic mass is 16.6. The van der Waals surface area contributed by atoms with E-state index >= 15 is 0 Å². The fourth-order valence-corrected chi connectivity index (χ4v) is 4.09. The van der Waals surface area contributed by atoms with Gasteiger partial charge in [0.2, 0.25) is 5.91 Å². The van der Waals surface area contributed by atoms with Crippen molar-refractivity contribution < 1.29 is 9.72 Å². The lowest BCUT2D eigenvalue weighted by atomic mass is 9.68. The van der Waals surface area contributed by atoms with E-state index in [9.17, 15) is 14.9 Å². The number of non-ortho nitro benzene ring substituents is 1. The van der Waals surface area contributed by atoms with Crippen LogP contribution < -0.4 is 5.32 Å². The zero-order valence-electron chi connectivity index (χ0n) is 12.9. The first-order chi connectivity index (χ1) is 10.3. The minimum Gasteiger partial charge on any atom is -0.325 e. The third-order valence-corrected chi connectivity index (χ3v) is 5.64. The van der Waals surface area contributed by atoms with Crippen LogP contribution >= 0.6 is 0 Å². The fourth-order valence-electron chi connectivity index (χ4n) is 4.09. The van der Waals surface area contributed by atoms with Crippen molar-refractivity contribution in [1.82, 2.24) is 0 Å². The number of nitro groups is 1. The van der Waals surface area contributed by atoms with Gasteiger partial charge in [-0.3, -0.25) is 14.9 Å². The Hall–Kier alpha value is -2.17. The summed E-state index contributed by atoms with van der Waals surface area (Å²) in [5, 5.41) is 13.7. The van der Waals surface area contributed by atoms with Crippen LogP contribution in [0.2, 0.25) is 0 Å². The van der Waals surface area contributed by atoms with E-state index in [0.29, 0.717) is 11.6 Å². The van der Waals surface area contributed by atoms with Crippen LogP contribution in [0, 0.1) is 26.9 Å². The van der Waals surface area contributed by atoms with Gasteiger partial charge in [-0.2, -0.15) is 0 Å². The van der Waals surface area contributed by atoms with Crippen molar-refractivity contribution in [3.05, 3.63) is 46.5 Å². The summed E-state index contributed by atoms with van der Waals surface area (Å²) in [6.07, 6.45) is 2.69. The molecule has 2 bridgehead atoms. The Morgan fingerprint density at radius 2 is 2.18 bits per heavy atom. The Balaban J connectivity index is 1.85. The Bertz CT molecular complexity index is 680. The van der Waals surface area contributed by atoms with Crippen LogP contribution in [0.15, 0.2) is 36.4 Å². The van der Waals surface area contributed by atoms with Crippen molar-refractivity contribution in [2.24, 2.45) is 16.7 Å². The second kappa shape index (κ2) is 4.66. The molecule has 2 fully saturated rings. The molecule has 0 aromatic heterocycles. The fraction of sp³-hybridized carbons (Fsp3) is 0.471. The first-order valence-corrected chi connectivity index (χ1v) is 7.53. The number of anilines is 1. The molecule has 116 valence electrons. The molecule has 2 atom stereocenters. The van der Waals surface area contributed by atoms with Crippen molar-refractivity contribution in [2.75, 3.05) is 5.32 Å². The Kier molecular flexibility index (Phi) is 3.13. The standard InChI is InChI=1S/C17H20N2O3/c1-11-16(2,3)12-7-8-17(11,10-12)15(20)18-13-5-4-6-14(9-13)19(21)22/h4-6,9,12H,1,7-8,10H2,2-3H3,(H,18,20). The first kappa shape index (κ1) is 14.8. The predicted molar refractivity (Wildman–Crippen MR) is 84.4 cm³/mol. The van der Waals surface area contributed by atoms with E-state index in [-0.39, 0.29) is 17.0 Å². The van der Waals surface area contributed by atoms with Crippen LogP contribution in [0.1, 0.15) is 33.1 Å². The number of hydrogen-bond donors (Lipinski definition) is 1. The maximum absolute atomic E-state index is 12.8. The van der Waals surface area contributed by atoms with Crippen molar-refractivity contribution in [1.29, 1.82) is 0 Å². The summed E-state index contributed by atoms with van der Waals surface area (Å²) in [5.41, 5.74) is 0.913. The first-order valence-electron chi connectivity index (χ1n) is 7.53. The number of amides is 1. The summed E-state index contributed by atoms with van der Waals surface area (Å²) in [6.45, 7) is 8.51. The molecule has 1 amide bonds. The SMILES string of the molecule is C=C1C2(C(=O)Nc3cccc([N+](=O)[O-])c3)CCC(C2)C1(C)C. The number of benzene rings is 1. The molecule has 5 nitrogen and oxygen atoms in total. The zero-order valence-corrected chi connectivity index (χ0v) is 12.9. The van der Waals surface area contributed by atoms with Crippen LogP contribution in [0.3, 0.4) is 0 Å². The molecule has 0 saturated heterocycles. The molecule has 0 spiro atoms. The molecule has 0 radical (unpaired) electrons. The number of nitrogens with one attached hydrogen (secondary N) is 1. The lowest BCUT2D eigenvalue weighted by Crippen LogP contribution is -2.37. The summed E-state index contributed by atoms with van der Waals surface area (Å²) in [6, 6.07) is 6.06. The van der Waals surface area contributed by atoms with E-state index in [0.717, 1.165) is 24.8 Å². The number of nitrogens with zero attached hydrogens (tertiary/aromatic N) is 1. The van der Waals surface area contributed by atoms with Gasteiger partial charge in [-0.1, -0.05) is 32.1 Å². The summed E-state index contributed by atoms with van der Waals surface area (Å²) in [4.78, 5) is 23.2. The van der Waals surface area contributed by atoms with Gasteiger partial charge >= 0.3 is 0 Å². The number of hydrogen-bond acceptors (Lipinski definition) is 3. The predicted octanol–water partition coefficient (Wildman–Crippen LogP) is 3.92. The van der Waals surface area contributed by atoms with Crippen LogP contribution in [0.5, 0.6) is 0 Å². The van der Waals surface area contributed by atoms with Crippen molar-refractivity contribution in [2.45, 2.75) is 33.1 Å². The summed E-state index contributed by atoms with van der Waals surface area (Å²) >= 11 is 0. The molecule has 2 unspecified atom stereocenters. The lowest BCUT2D eigenvalue weighted by Gasteiger charge is -2.37. The van der Waals surface area contributed by atoms with E-state index in [4.69, 9.17) is 0 Å². The van der Waals surface area contributed by atoms with Gasteiger partial charge in [-0.25, -0.2) is 0 Å². The Morgan fingerprint density at radius 3 is 2.77 bits per heavy atom. The highest BCUT2D eigenvalue weighted by Gasteiger charge is 2.60.